The summed E-state index contributed by atoms with van der Waals surface area (Å²) in [5, 5.41) is 0. The maximum atomic E-state index is 11.8. The monoisotopic (exact) mass is 358 g/mol. The van der Waals surface area contributed by atoms with Crippen molar-refractivity contribution in [3.8, 4) is 0 Å². The summed E-state index contributed by atoms with van der Waals surface area (Å²) in [5.74, 6) is 1.16. The van der Waals surface area contributed by atoms with Crippen molar-refractivity contribution >= 4 is 23.7 Å². The van der Waals surface area contributed by atoms with Gasteiger partial charge in [-0.25, -0.2) is 9.59 Å². The van der Waals surface area contributed by atoms with Crippen LogP contribution in [0, 0.1) is 0 Å². The summed E-state index contributed by atoms with van der Waals surface area (Å²) in [7, 11) is 0. The number of ether oxygens (including phenoxy) is 2. The molecule has 0 aromatic heterocycles. The molecule has 0 radical (unpaired) electrons. The molecule has 0 saturated carbocycles. The highest BCUT2D eigenvalue weighted by molar-refractivity contribution is 7.99. The first-order valence-corrected chi connectivity index (χ1v) is 9.33. The van der Waals surface area contributed by atoms with Gasteiger partial charge in [-0.05, 0) is 36.3 Å². The van der Waals surface area contributed by atoms with Crippen LogP contribution in [0.25, 0.3) is 0 Å². The van der Waals surface area contributed by atoms with Gasteiger partial charge >= 0.3 is 11.9 Å². The van der Waals surface area contributed by atoms with Crippen LogP contribution in [0.3, 0.4) is 0 Å². The summed E-state index contributed by atoms with van der Waals surface area (Å²) in [6, 6.07) is 9.44. The van der Waals surface area contributed by atoms with E-state index in [9.17, 15) is 9.59 Å². The van der Waals surface area contributed by atoms with E-state index in [-0.39, 0.29) is 6.61 Å². The lowest BCUT2D eigenvalue weighted by atomic mass is 10.2. The van der Waals surface area contributed by atoms with Crippen molar-refractivity contribution in [1.82, 2.24) is 0 Å². The van der Waals surface area contributed by atoms with E-state index >= 15 is 0 Å². The standard InChI is InChI=1S/C20H22O4S/c1-16(24-20(22)12-10-18-8-5-13-25-15-18)9-11-19(21)23-14-17-6-3-2-4-7-17/h2-4,6-12,16H,5,13-15H2,1H3/b11-9+,12-10+. The highest BCUT2D eigenvalue weighted by Crippen LogP contribution is 2.17. The van der Waals surface area contributed by atoms with E-state index in [1.807, 2.05) is 42.1 Å². The number of carbonyl (C=O) groups is 2. The lowest BCUT2D eigenvalue weighted by Crippen LogP contribution is -2.11. The maximum Gasteiger partial charge on any atom is 0.331 e. The smallest absolute Gasteiger partial charge is 0.331 e. The summed E-state index contributed by atoms with van der Waals surface area (Å²) in [5.41, 5.74) is 2.06. The quantitative estimate of drug-likeness (QED) is 0.548. The second kappa shape index (κ2) is 10.6. The van der Waals surface area contributed by atoms with Gasteiger partial charge in [0.2, 0.25) is 0 Å². The van der Waals surface area contributed by atoms with E-state index in [4.69, 9.17) is 9.47 Å². The number of hydrogen-bond donors (Lipinski definition) is 0. The van der Waals surface area contributed by atoms with Gasteiger partial charge in [0.05, 0.1) is 0 Å². The van der Waals surface area contributed by atoms with E-state index in [1.54, 1.807) is 13.0 Å². The minimum Gasteiger partial charge on any atom is -0.458 e. The van der Waals surface area contributed by atoms with Crippen LogP contribution in [0.4, 0.5) is 0 Å². The highest BCUT2D eigenvalue weighted by atomic mass is 32.2. The summed E-state index contributed by atoms with van der Waals surface area (Å²) in [6.07, 6.45) is 8.67. The average molecular weight is 358 g/mol. The summed E-state index contributed by atoms with van der Waals surface area (Å²) >= 11 is 1.85. The van der Waals surface area contributed by atoms with Gasteiger partial charge in [-0.2, -0.15) is 11.8 Å². The zero-order valence-corrected chi connectivity index (χ0v) is 15.0. The largest absolute Gasteiger partial charge is 0.458 e. The molecule has 1 aliphatic heterocycles. The molecule has 0 aliphatic carbocycles. The Kier molecular flexibility index (Phi) is 8.05. The molecular weight excluding hydrogens is 336 g/mol. The van der Waals surface area contributed by atoms with Crippen LogP contribution in [0.5, 0.6) is 0 Å². The van der Waals surface area contributed by atoms with Crippen LogP contribution in [0.15, 0.2) is 66.3 Å². The van der Waals surface area contributed by atoms with Crippen molar-refractivity contribution in [3.05, 3.63) is 71.8 Å². The fraction of sp³-hybridized carbons (Fsp3) is 0.300. The third-order valence-electron chi connectivity index (χ3n) is 3.40. The van der Waals surface area contributed by atoms with Gasteiger partial charge in [0.15, 0.2) is 0 Å². The lowest BCUT2D eigenvalue weighted by Gasteiger charge is -2.09. The Morgan fingerprint density at radius 3 is 2.72 bits per heavy atom. The highest BCUT2D eigenvalue weighted by Gasteiger charge is 2.06. The molecule has 5 heteroatoms. The normalized spacial score (nSPS) is 15.8. The Morgan fingerprint density at radius 1 is 1.20 bits per heavy atom. The van der Waals surface area contributed by atoms with E-state index in [0.717, 1.165) is 29.1 Å². The molecule has 2 rings (SSSR count). The Morgan fingerprint density at radius 2 is 2.00 bits per heavy atom. The minimum absolute atomic E-state index is 0.216. The zero-order chi connectivity index (χ0) is 17.9. The zero-order valence-electron chi connectivity index (χ0n) is 14.2. The predicted octanol–water partition coefficient (Wildman–Crippen LogP) is 3.84. The van der Waals surface area contributed by atoms with Gasteiger partial charge in [-0.3, -0.25) is 0 Å². The summed E-state index contributed by atoms with van der Waals surface area (Å²) in [4.78, 5) is 23.4. The SMILES string of the molecule is CC(/C=C/C(=O)OCc1ccccc1)OC(=O)/C=C/C1=CCCSC1. The van der Waals surface area contributed by atoms with Gasteiger partial charge in [0.25, 0.3) is 0 Å². The van der Waals surface area contributed by atoms with Crippen LogP contribution < -0.4 is 0 Å². The molecule has 0 bridgehead atoms. The molecule has 1 unspecified atom stereocenters. The Bertz CT molecular complexity index is 662. The van der Waals surface area contributed by atoms with Crippen molar-refractivity contribution in [1.29, 1.82) is 0 Å². The van der Waals surface area contributed by atoms with Crippen LogP contribution in [0.2, 0.25) is 0 Å². The molecule has 0 amide bonds. The average Bonchev–Trinajstić information content (AvgIpc) is 2.65. The van der Waals surface area contributed by atoms with Gasteiger partial charge < -0.3 is 9.47 Å². The van der Waals surface area contributed by atoms with E-state index in [0.29, 0.717) is 0 Å². The fourth-order valence-electron chi connectivity index (χ4n) is 2.12. The van der Waals surface area contributed by atoms with Gasteiger partial charge in [0, 0.05) is 17.9 Å². The summed E-state index contributed by atoms with van der Waals surface area (Å²) < 4.78 is 10.3. The number of allylic oxidation sites excluding steroid dienone is 2. The molecule has 1 heterocycles. The third kappa shape index (κ3) is 7.90. The molecule has 0 spiro atoms. The minimum atomic E-state index is -0.504. The molecule has 1 aliphatic rings. The second-order valence-electron chi connectivity index (χ2n) is 5.55. The van der Waals surface area contributed by atoms with Crippen molar-refractivity contribution < 1.29 is 19.1 Å². The molecule has 1 atom stereocenters. The van der Waals surface area contributed by atoms with Gasteiger partial charge in [-0.15, -0.1) is 0 Å². The van der Waals surface area contributed by atoms with E-state index in [2.05, 4.69) is 6.08 Å². The lowest BCUT2D eigenvalue weighted by molar-refractivity contribution is -0.141. The molecule has 132 valence electrons. The number of hydrogen-bond acceptors (Lipinski definition) is 5. The van der Waals surface area contributed by atoms with Crippen molar-refractivity contribution in [3.63, 3.8) is 0 Å². The maximum absolute atomic E-state index is 11.8. The summed E-state index contributed by atoms with van der Waals surface area (Å²) in [6.45, 7) is 1.91. The van der Waals surface area contributed by atoms with Crippen molar-refractivity contribution in [2.45, 2.75) is 26.1 Å². The number of benzene rings is 1. The Hall–Kier alpha value is -2.27. The van der Waals surface area contributed by atoms with Crippen LogP contribution >= 0.6 is 11.8 Å². The molecular formula is C20H22O4S. The van der Waals surface area contributed by atoms with Crippen molar-refractivity contribution in [2.75, 3.05) is 11.5 Å². The molecule has 0 fully saturated rings. The predicted molar refractivity (Wildman–Crippen MR) is 100 cm³/mol. The fourth-order valence-corrected chi connectivity index (χ4v) is 3.00. The molecule has 1 aromatic carbocycles. The first-order valence-electron chi connectivity index (χ1n) is 8.18. The topological polar surface area (TPSA) is 52.6 Å². The van der Waals surface area contributed by atoms with Crippen LogP contribution in [-0.4, -0.2) is 29.5 Å². The van der Waals surface area contributed by atoms with E-state index < -0.39 is 18.0 Å². The van der Waals surface area contributed by atoms with E-state index in [1.165, 1.54) is 18.2 Å². The van der Waals surface area contributed by atoms with Crippen LogP contribution in [0.1, 0.15) is 18.9 Å². The molecule has 1 aromatic rings. The number of carbonyl (C=O) groups excluding carboxylic acids is 2. The molecule has 25 heavy (non-hydrogen) atoms. The molecule has 0 N–H and O–H groups in total. The number of thioether (sulfide) groups is 1. The molecule has 4 nitrogen and oxygen atoms in total. The number of rotatable bonds is 7. The van der Waals surface area contributed by atoms with Crippen molar-refractivity contribution in [2.24, 2.45) is 0 Å². The molecule has 0 saturated heterocycles. The van der Waals surface area contributed by atoms with Gasteiger partial charge in [-0.1, -0.05) is 42.5 Å². The Balaban J connectivity index is 1.70. The van der Waals surface area contributed by atoms with Crippen LogP contribution in [-0.2, 0) is 25.7 Å². The van der Waals surface area contributed by atoms with Gasteiger partial charge in [0.1, 0.15) is 12.7 Å². The number of esters is 2. The third-order valence-corrected chi connectivity index (χ3v) is 4.46. The first kappa shape index (κ1) is 19.1. The second-order valence-corrected chi connectivity index (χ2v) is 6.65. The first-order chi connectivity index (χ1) is 12.1. The Labute approximate surface area is 152 Å².